The van der Waals surface area contributed by atoms with Gasteiger partial charge in [-0.25, -0.2) is 0 Å². The molecule has 112 valence electrons. The van der Waals surface area contributed by atoms with Crippen LogP contribution in [0.15, 0.2) is 42.5 Å². The van der Waals surface area contributed by atoms with Crippen molar-refractivity contribution in [2.24, 2.45) is 0 Å². The molecule has 0 spiro atoms. The molecule has 2 aromatic carbocycles. The van der Waals surface area contributed by atoms with Crippen molar-refractivity contribution in [1.82, 2.24) is 5.32 Å². The van der Waals surface area contributed by atoms with Crippen LogP contribution in [0.2, 0.25) is 10.0 Å². The van der Waals surface area contributed by atoms with Gasteiger partial charge in [0.25, 0.3) is 0 Å². The molecule has 0 atom stereocenters. The molecule has 0 fully saturated rings. The van der Waals surface area contributed by atoms with E-state index < -0.39 is 0 Å². The Hall–Kier alpha value is -1.22. The second-order valence-corrected chi connectivity index (χ2v) is 6.01. The Morgan fingerprint density at radius 3 is 2.57 bits per heavy atom. The Bertz CT molecular complexity index is 599. The van der Waals surface area contributed by atoms with E-state index >= 15 is 0 Å². The van der Waals surface area contributed by atoms with Gasteiger partial charge in [-0.15, -0.1) is 0 Å². The molecule has 0 amide bonds. The van der Waals surface area contributed by atoms with Crippen LogP contribution in [0.4, 0.5) is 0 Å². The number of halogens is 2. The third-order valence-corrected chi connectivity index (χ3v) is 3.64. The quantitative estimate of drug-likeness (QED) is 0.801. The van der Waals surface area contributed by atoms with Crippen LogP contribution in [-0.4, -0.2) is 6.04 Å². The Balaban J connectivity index is 2.10. The van der Waals surface area contributed by atoms with E-state index in [0.717, 1.165) is 16.9 Å². The largest absolute Gasteiger partial charge is 0.489 e. The zero-order valence-corrected chi connectivity index (χ0v) is 13.7. The number of hydrogen-bond donors (Lipinski definition) is 1. The summed E-state index contributed by atoms with van der Waals surface area (Å²) in [5.74, 6) is 0.802. The van der Waals surface area contributed by atoms with Crippen molar-refractivity contribution < 1.29 is 4.74 Å². The van der Waals surface area contributed by atoms with Gasteiger partial charge in [0, 0.05) is 28.2 Å². The summed E-state index contributed by atoms with van der Waals surface area (Å²) >= 11 is 12.3. The Morgan fingerprint density at radius 2 is 1.86 bits per heavy atom. The van der Waals surface area contributed by atoms with Crippen LogP contribution >= 0.6 is 23.2 Å². The van der Waals surface area contributed by atoms with E-state index in [0.29, 0.717) is 29.2 Å². The van der Waals surface area contributed by atoms with E-state index in [-0.39, 0.29) is 0 Å². The molecule has 2 aromatic rings. The molecule has 4 heteroatoms. The van der Waals surface area contributed by atoms with Crippen molar-refractivity contribution in [3.8, 4) is 5.75 Å². The fourth-order valence-corrected chi connectivity index (χ4v) is 2.39. The zero-order chi connectivity index (χ0) is 15.2. The van der Waals surface area contributed by atoms with Crippen molar-refractivity contribution in [1.29, 1.82) is 0 Å². The molecule has 0 bridgehead atoms. The SMILES string of the molecule is CC(C)NCc1c(Cl)cccc1OCc1cccc(Cl)c1. The number of rotatable bonds is 6. The number of benzene rings is 2. The van der Waals surface area contributed by atoms with E-state index in [1.165, 1.54) is 0 Å². The zero-order valence-electron chi connectivity index (χ0n) is 12.2. The third-order valence-electron chi connectivity index (χ3n) is 3.05. The topological polar surface area (TPSA) is 21.3 Å². The molecule has 0 aliphatic carbocycles. The first-order chi connectivity index (χ1) is 10.1. The first-order valence-electron chi connectivity index (χ1n) is 6.94. The highest BCUT2D eigenvalue weighted by atomic mass is 35.5. The van der Waals surface area contributed by atoms with Gasteiger partial charge in [0.15, 0.2) is 0 Å². The maximum atomic E-state index is 6.28. The lowest BCUT2D eigenvalue weighted by Gasteiger charge is -2.15. The van der Waals surface area contributed by atoms with Crippen LogP contribution in [0.3, 0.4) is 0 Å². The molecule has 0 aliphatic rings. The molecule has 21 heavy (non-hydrogen) atoms. The lowest BCUT2D eigenvalue weighted by atomic mass is 10.2. The van der Waals surface area contributed by atoms with Crippen LogP contribution in [0.25, 0.3) is 0 Å². The van der Waals surface area contributed by atoms with Gasteiger partial charge in [-0.05, 0) is 29.8 Å². The molecule has 2 rings (SSSR count). The van der Waals surface area contributed by atoms with Crippen molar-refractivity contribution in [3.63, 3.8) is 0 Å². The highest BCUT2D eigenvalue weighted by molar-refractivity contribution is 6.31. The first-order valence-corrected chi connectivity index (χ1v) is 7.70. The van der Waals surface area contributed by atoms with E-state index in [2.05, 4.69) is 19.2 Å². The Morgan fingerprint density at radius 1 is 1.10 bits per heavy atom. The molecular weight excluding hydrogens is 305 g/mol. The van der Waals surface area contributed by atoms with Gasteiger partial charge < -0.3 is 10.1 Å². The molecule has 1 N–H and O–H groups in total. The molecule has 0 radical (unpaired) electrons. The highest BCUT2D eigenvalue weighted by Gasteiger charge is 2.09. The molecule has 0 aliphatic heterocycles. The fraction of sp³-hybridized carbons (Fsp3) is 0.294. The maximum absolute atomic E-state index is 6.28. The minimum absolute atomic E-state index is 0.391. The van der Waals surface area contributed by atoms with Crippen LogP contribution in [-0.2, 0) is 13.2 Å². The van der Waals surface area contributed by atoms with Crippen molar-refractivity contribution >= 4 is 23.2 Å². The van der Waals surface area contributed by atoms with E-state index in [1.54, 1.807) is 0 Å². The summed E-state index contributed by atoms with van der Waals surface area (Å²) in [6.07, 6.45) is 0. The summed E-state index contributed by atoms with van der Waals surface area (Å²) in [5.41, 5.74) is 2.01. The van der Waals surface area contributed by atoms with Gasteiger partial charge in [0.05, 0.1) is 0 Å². The van der Waals surface area contributed by atoms with Gasteiger partial charge in [-0.1, -0.05) is 55.2 Å². The standard InChI is InChI=1S/C17H19Cl2NO/c1-12(2)20-10-15-16(19)7-4-8-17(15)21-11-13-5-3-6-14(18)9-13/h3-9,12,20H,10-11H2,1-2H3. The van der Waals surface area contributed by atoms with Crippen LogP contribution in [0, 0.1) is 0 Å². The summed E-state index contributed by atoms with van der Waals surface area (Å²) in [5, 5.41) is 4.79. The normalized spacial score (nSPS) is 10.9. The second-order valence-electron chi connectivity index (χ2n) is 5.17. The fourth-order valence-electron chi connectivity index (χ4n) is 1.94. The first kappa shape index (κ1) is 16.2. The molecular formula is C17H19Cl2NO. The molecule has 0 saturated carbocycles. The second kappa shape index (κ2) is 7.69. The summed E-state index contributed by atoms with van der Waals surface area (Å²) in [6, 6.07) is 13.8. The predicted molar refractivity (Wildman–Crippen MR) is 89.2 cm³/mol. The van der Waals surface area contributed by atoms with Gasteiger partial charge >= 0.3 is 0 Å². The van der Waals surface area contributed by atoms with Crippen LogP contribution in [0.1, 0.15) is 25.0 Å². The Kier molecular flexibility index (Phi) is 5.92. The number of ether oxygens (including phenoxy) is 1. The van der Waals surface area contributed by atoms with E-state index in [4.69, 9.17) is 27.9 Å². The molecule has 0 saturated heterocycles. The maximum Gasteiger partial charge on any atom is 0.125 e. The monoisotopic (exact) mass is 323 g/mol. The van der Waals surface area contributed by atoms with Crippen LogP contribution in [0.5, 0.6) is 5.75 Å². The minimum Gasteiger partial charge on any atom is -0.489 e. The predicted octanol–water partition coefficient (Wildman–Crippen LogP) is 5.07. The third kappa shape index (κ3) is 4.92. The van der Waals surface area contributed by atoms with E-state index in [1.807, 2.05) is 42.5 Å². The van der Waals surface area contributed by atoms with Crippen LogP contribution < -0.4 is 10.1 Å². The minimum atomic E-state index is 0.391. The lowest BCUT2D eigenvalue weighted by molar-refractivity contribution is 0.302. The highest BCUT2D eigenvalue weighted by Crippen LogP contribution is 2.27. The van der Waals surface area contributed by atoms with Gasteiger partial charge in [-0.2, -0.15) is 0 Å². The molecule has 0 heterocycles. The van der Waals surface area contributed by atoms with Crippen molar-refractivity contribution in [2.45, 2.75) is 33.0 Å². The summed E-state index contributed by atoms with van der Waals surface area (Å²) in [6.45, 7) is 5.35. The molecule has 0 aromatic heterocycles. The summed E-state index contributed by atoms with van der Waals surface area (Å²) in [4.78, 5) is 0. The van der Waals surface area contributed by atoms with Gasteiger partial charge in [-0.3, -0.25) is 0 Å². The Labute approximate surface area is 136 Å². The van der Waals surface area contributed by atoms with Crippen molar-refractivity contribution in [2.75, 3.05) is 0 Å². The van der Waals surface area contributed by atoms with Crippen molar-refractivity contribution in [3.05, 3.63) is 63.6 Å². The lowest BCUT2D eigenvalue weighted by Crippen LogP contribution is -2.22. The van der Waals surface area contributed by atoms with Gasteiger partial charge in [0.1, 0.15) is 12.4 Å². The number of nitrogens with one attached hydrogen (secondary N) is 1. The summed E-state index contributed by atoms with van der Waals surface area (Å²) in [7, 11) is 0. The average Bonchev–Trinajstić information content (AvgIpc) is 2.44. The number of hydrogen-bond acceptors (Lipinski definition) is 2. The molecule has 0 unspecified atom stereocenters. The molecule has 2 nitrogen and oxygen atoms in total. The smallest absolute Gasteiger partial charge is 0.125 e. The van der Waals surface area contributed by atoms with E-state index in [9.17, 15) is 0 Å². The summed E-state index contributed by atoms with van der Waals surface area (Å²) < 4.78 is 5.91. The average molecular weight is 324 g/mol. The van der Waals surface area contributed by atoms with Gasteiger partial charge in [0.2, 0.25) is 0 Å².